The highest BCUT2D eigenvalue weighted by atomic mass is 79.9. The molecule has 1 aliphatic rings. The summed E-state index contributed by atoms with van der Waals surface area (Å²) in [6.07, 6.45) is 4.41. The van der Waals surface area contributed by atoms with Crippen LogP contribution in [0.5, 0.6) is 0 Å². The summed E-state index contributed by atoms with van der Waals surface area (Å²) in [5.74, 6) is -0.354. The van der Waals surface area contributed by atoms with E-state index >= 15 is 0 Å². The molecule has 1 unspecified atom stereocenters. The lowest BCUT2D eigenvalue weighted by molar-refractivity contribution is -0.131. The summed E-state index contributed by atoms with van der Waals surface area (Å²) < 4.78 is 13.5. The van der Waals surface area contributed by atoms with E-state index in [1.807, 2.05) is 36.4 Å². The van der Waals surface area contributed by atoms with Crippen LogP contribution in [0.25, 0.3) is 6.08 Å². The molecule has 22 heavy (non-hydrogen) atoms. The minimum absolute atomic E-state index is 0.00278. The van der Waals surface area contributed by atoms with Crippen LogP contribution in [0.15, 0.2) is 34.8 Å². The zero-order valence-electron chi connectivity index (χ0n) is 12.3. The lowest BCUT2D eigenvalue weighted by atomic mass is 9.99. The Kier molecular flexibility index (Phi) is 5.34. The van der Waals surface area contributed by atoms with E-state index in [9.17, 15) is 14.0 Å². The van der Waals surface area contributed by atoms with Crippen molar-refractivity contribution in [2.45, 2.75) is 25.3 Å². The maximum atomic E-state index is 12.5. The second-order valence-electron chi connectivity index (χ2n) is 5.40. The van der Waals surface area contributed by atoms with Crippen LogP contribution in [0.1, 0.15) is 25.3 Å². The van der Waals surface area contributed by atoms with Crippen molar-refractivity contribution in [1.29, 1.82) is 0 Å². The number of nitrogens with zero attached hydrogens (tertiary/aromatic N) is 1. The van der Waals surface area contributed by atoms with Gasteiger partial charge in [0.2, 0.25) is 0 Å². The number of alkyl halides is 1. The standard InChI is InChI=1S/C16H18BrFN2O2/c1-16(9-10-18)14(21)20(15(22)19-16)11-3-2-4-12-5-7-13(17)8-6-12/h2,4-8H,3,9-11H2,1H3,(H,19,22)/b4-2+. The molecule has 118 valence electrons. The van der Waals surface area contributed by atoms with Crippen molar-refractivity contribution in [2.24, 2.45) is 0 Å². The van der Waals surface area contributed by atoms with E-state index in [4.69, 9.17) is 0 Å². The van der Waals surface area contributed by atoms with Crippen molar-refractivity contribution in [3.8, 4) is 0 Å². The van der Waals surface area contributed by atoms with Gasteiger partial charge in [0.25, 0.3) is 5.91 Å². The number of benzene rings is 1. The van der Waals surface area contributed by atoms with Gasteiger partial charge in [0.15, 0.2) is 0 Å². The normalized spacial score (nSPS) is 21.7. The van der Waals surface area contributed by atoms with Crippen LogP contribution in [0, 0.1) is 0 Å². The first-order chi connectivity index (χ1) is 10.5. The monoisotopic (exact) mass is 368 g/mol. The van der Waals surface area contributed by atoms with Crippen LogP contribution < -0.4 is 5.32 Å². The van der Waals surface area contributed by atoms with Gasteiger partial charge in [0, 0.05) is 17.4 Å². The molecule has 1 fully saturated rings. The van der Waals surface area contributed by atoms with Crippen LogP contribution >= 0.6 is 15.9 Å². The van der Waals surface area contributed by atoms with E-state index in [1.54, 1.807) is 6.92 Å². The number of amides is 3. The molecule has 1 aromatic carbocycles. The molecule has 3 amide bonds. The molecule has 0 aromatic heterocycles. The summed E-state index contributed by atoms with van der Waals surface area (Å²) in [4.78, 5) is 25.1. The Bertz CT molecular complexity index is 588. The minimum atomic E-state index is -1.11. The first-order valence-corrected chi connectivity index (χ1v) is 7.88. The fourth-order valence-corrected chi connectivity index (χ4v) is 2.57. The highest BCUT2D eigenvalue weighted by Gasteiger charge is 2.46. The number of imide groups is 1. The SMILES string of the molecule is CC1(CCF)NC(=O)N(CC/C=C/c2ccc(Br)cc2)C1=O. The van der Waals surface area contributed by atoms with E-state index in [-0.39, 0.29) is 12.3 Å². The minimum Gasteiger partial charge on any atom is -0.323 e. The zero-order valence-corrected chi connectivity index (χ0v) is 13.9. The van der Waals surface area contributed by atoms with Crippen LogP contribution in [-0.4, -0.2) is 35.6 Å². The van der Waals surface area contributed by atoms with Crippen molar-refractivity contribution < 1.29 is 14.0 Å². The predicted molar refractivity (Wildman–Crippen MR) is 87.0 cm³/mol. The maximum absolute atomic E-state index is 12.5. The van der Waals surface area contributed by atoms with Gasteiger partial charge < -0.3 is 5.32 Å². The molecule has 1 aliphatic heterocycles. The van der Waals surface area contributed by atoms with E-state index in [0.717, 1.165) is 14.9 Å². The van der Waals surface area contributed by atoms with Gasteiger partial charge in [-0.15, -0.1) is 0 Å². The summed E-state index contributed by atoms with van der Waals surface area (Å²) in [7, 11) is 0. The van der Waals surface area contributed by atoms with Crippen molar-refractivity contribution in [1.82, 2.24) is 10.2 Å². The van der Waals surface area contributed by atoms with Crippen molar-refractivity contribution in [3.05, 3.63) is 40.4 Å². The Balaban J connectivity index is 1.90. The number of hydrogen-bond acceptors (Lipinski definition) is 2. The molecule has 0 bridgehead atoms. The third-order valence-electron chi connectivity index (χ3n) is 3.64. The van der Waals surface area contributed by atoms with Gasteiger partial charge in [-0.3, -0.25) is 14.1 Å². The number of carbonyl (C=O) groups is 2. The van der Waals surface area contributed by atoms with Crippen molar-refractivity contribution >= 4 is 33.9 Å². The van der Waals surface area contributed by atoms with Gasteiger partial charge in [0.1, 0.15) is 5.54 Å². The summed E-state index contributed by atoms with van der Waals surface area (Å²) in [5, 5.41) is 2.56. The molecule has 2 rings (SSSR count). The summed E-state index contributed by atoms with van der Waals surface area (Å²) in [6.45, 7) is 1.21. The van der Waals surface area contributed by atoms with E-state index < -0.39 is 18.2 Å². The summed E-state index contributed by atoms with van der Waals surface area (Å²) in [5.41, 5.74) is -0.0657. The van der Waals surface area contributed by atoms with Crippen molar-refractivity contribution in [2.75, 3.05) is 13.2 Å². The van der Waals surface area contributed by atoms with Crippen LogP contribution in [-0.2, 0) is 4.79 Å². The van der Waals surface area contributed by atoms with Crippen molar-refractivity contribution in [3.63, 3.8) is 0 Å². The number of rotatable bonds is 6. The highest BCUT2D eigenvalue weighted by molar-refractivity contribution is 9.10. The van der Waals surface area contributed by atoms with E-state index in [0.29, 0.717) is 13.0 Å². The first kappa shape index (κ1) is 16.7. The number of urea groups is 1. The Morgan fingerprint density at radius 2 is 2.00 bits per heavy atom. The average molecular weight is 369 g/mol. The third kappa shape index (κ3) is 3.74. The Hall–Kier alpha value is -1.69. The Morgan fingerprint density at radius 1 is 1.32 bits per heavy atom. The van der Waals surface area contributed by atoms with Gasteiger partial charge in [0.05, 0.1) is 6.67 Å². The van der Waals surface area contributed by atoms with Gasteiger partial charge >= 0.3 is 6.03 Å². The topological polar surface area (TPSA) is 49.4 Å². The Morgan fingerprint density at radius 3 is 2.64 bits per heavy atom. The van der Waals surface area contributed by atoms with Gasteiger partial charge in [-0.25, -0.2) is 4.79 Å². The molecule has 4 nitrogen and oxygen atoms in total. The molecule has 0 spiro atoms. The molecule has 1 atom stereocenters. The largest absolute Gasteiger partial charge is 0.325 e. The summed E-state index contributed by atoms with van der Waals surface area (Å²) >= 11 is 3.37. The molecule has 0 saturated carbocycles. The van der Waals surface area contributed by atoms with Crippen LogP contribution in [0.2, 0.25) is 0 Å². The second-order valence-corrected chi connectivity index (χ2v) is 6.32. The van der Waals surface area contributed by atoms with Gasteiger partial charge in [-0.1, -0.05) is 40.2 Å². The molecule has 1 saturated heterocycles. The average Bonchev–Trinajstić information content (AvgIpc) is 2.68. The number of halogens is 2. The fourth-order valence-electron chi connectivity index (χ4n) is 2.31. The van der Waals surface area contributed by atoms with Crippen LogP contribution in [0.3, 0.4) is 0 Å². The first-order valence-electron chi connectivity index (χ1n) is 7.08. The second kappa shape index (κ2) is 7.05. The summed E-state index contributed by atoms with van der Waals surface area (Å²) in [6, 6.07) is 7.37. The van der Waals surface area contributed by atoms with Gasteiger partial charge in [-0.2, -0.15) is 0 Å². The molecule has 0 aliphatic carbocycles. The number of hydrogen-bond donors (Lipinski definition) is 1. The molecule has 0 radical (unpaired) electrons. The third-order valence-corrected chi connectivity index (χ3v) is 4.17. The molecule has 1 N–H and O–H groups in total. The smallest absolute Gasteiger partial charge is 0.323 e. The molecular formula is C16H18BrFN2O2. The lowest BCUT2D eigenvalue weighted by Crippen LogP contribution is -2.44. The lowest BCUT2D eigenvalue weighted by Gasteiger charge is -2.19. The maximum Gasteiger partial charge on any atom is 0.325 e. The van der Waals surface area contributed by atoms with E-state index in [1.165, 1.54) is 0 Å². The number of nitrogens with one attached hydrogen (secondary N) is 1. The Labute approximate surface area is 137 Å². The highest BCUT2D eigenvalue weighted by Crippen LogP contribution is 2.21. The quantitative estimate of drug-likeness (QED) is 0.780. The number of carbonyl (C=O) groups excluding carboxylic acids is 2. The molecular weight excluding hydrogens is 351 g/mol. The van der Waals surface area contributed by atoms with E-state index in [2.05, 4.69) is 21.2 Å². The van der Waals surface area contributed by atoms with Crippen LogP contribution in [0.4, 0.5) is 9.18 Å². The predicted octanol–water partition coefficient (Wildman–Crippen LogP) is 3.52. The molecule has 6 heteroatoms. The van der Waals surface area contributed by atoms with Gasteiger partial charge in [-0.05, 0) is 31.0 Å². The molecule has 1 heterocycles. The molecule has 1 aromatic rings. The fraction of sp³-hybridized carbons (Fsp3) is 0.375. The zero-order chi connectivity index (χ0) is 16.2.